The number of rotatable bonds is 7. The van der Waals surface area contributed by atoms with Gasteiger partial charge in [-0.15, -0.1) is 0 Å². The Labute approximate surface area is 174 Å². The van der Waals surface area contributed by atoms with Crippen LogP contribution in [0, 0.1) is 6.92 Å². The van der Waals surface area contributed by atoms with Crippen LogP contribution >= 0.6 is 0 Å². The van der Waals surface area contributed by atoms with Gasteiger partial charge in [0.1, 0.15) is 12.4 Å². The molecule has 1 aliphatic carbocycles. The highest BCUT2D eigenvalue weighted by atomic mass is 16.5. The maximum atomic E-state index is 12.6. The zero-order chi connectivity index (χ0) is 21.1. The zero-order valence-corrected chi connectivity index (χ0v) is 16.6. The lowest BCUT2D eigenvalue weighted by Gasteiger charge is -2.12. The van der Waals surface area contributed by atoms with Gasteiger partial charge < -0.3 is 15.8 Å². The average Bonchev–Trinajstić information content (AvgIpc) is 3.60. The molecule has 0 bridgehead atoms. The maximum Gasteiger partial charge on any atom is 0.257 e. The summed E-state index contributed by atoms with van der Waals surface area (Å²) in [7, 11) is 0. The highest BCUT2D eigenvalue weighted by Crippen LogP contribution is 2.38. The normalized spacial score (nSPS) is 13.0. The van der Waals surface area contributed by atoms with Crippen molar-refractivity contribution < 1.29 is 14.3 Å². The zero-order valence-electron chi connectivity index (χ0n) is 16.6. The van der Waals surface area contributed by atoms with E-state index in [-0.39, 0.29) is 18.1 Å². The minimum Gasteiger partial charge on any atom is -0.487 e. The van der Waals surface area contributed by atoms with Crippen molar-refractivity contribution in [3.8, 4) is 5.75 Å². The SMILES string of the molecule is Cc1ccc(NC(=O)c2ccc(C3CC3)nc2)cc1COc1cncc(C(N)=O)c1. The second-order valence-corrected chi connectivity index (χ2v) is 7.40. The molecular weight excluding hydrogens is 380 g/mol. The van der Waals surface area contributed by atoms with Crippen LogP contribution in [-0.4, -0.2) is 21.8 Å². The van der Waals surface area contributed by atoms with E-state index >= 15 is 0 Å². The van der Waals surface area contributed by atoms with E-state index in [0.717, 1.165) is 16.8 Å². The first-order chi connectivity index (χ1) is 14.5. The van der Waals surface area contributed by atoms with Crippen LogP contribution in [-0.2, 0) is 6.61 Å². The van der Waals surface area contributed by atoms with Crippen molar-refractivity contribution in [1.29, 1.82) is 0 Å². The molecule has 1 aliphatic rings. The van der Waals surface area contributed by atoms with Gasteiger partial charge in [0.05, 0.1) is 17.3 Å². The van der Waals surface area contributed by atoms with Crippen molar-refractivity contribution in [3.05, 3.63) is 82.9 Å². The number of aryl methyl sites for hydroxylation is 1. The smallest absolute Gasteiger partial charge is 0.257 e. The number of pyridine rings is 2. The average molecular weight is 402 g/mol. The van der Waals surface area contributed by atoms with Gasteiger partial charge in [-0.25, -0.2) is 0 Å². The molecule has 152 valence electrons. The van der Waals surface area contributed by atoms with Crippen molar-refractivity contribution in [2.24, 2.45) is 5.73 Å². The number of nitrogens with zero attached hydrogens (tertiary/aromatic N) is 2. The van der Waals surface area contributed by atoms with Crippen molar-refractivity contribution in [2.75, 3.05) is 5.32 Å². The van der Waals surface area contributed by atoms with Gasteiger partial charge in [-0.05, 0) is 61.2 Å². The molecule has 7 nitrogen and oxygen atoms in total. The minimum absolute atomic E-state index is 0.209. The highest BCUT2D eigenvalue weighted by molar-refractivity contribution is 6.04. The molecule has 0 atom stereocenters. The molecule has 0 aliphatic heterocycles. The third kappa shape index (κ3) is 4.63. The fraction of sp³-hybridized carbons (Fsp3) is 0.217. The van der Waals surface area contributed by atoms with Crippen LogP contribution < -0.4 is 15.8 Å². The van der Waals surface area contributed by atoms with Crippen molar-refractivity contribution in [1.82, 2.24) is 9.97 Å². The Balaban J connectivity index is 1.42. The Bertz CT molecular complexity index is 1090. The predicted molar refractivity (Wildman–Crippen MR) is 112 cm³/mol. The van der Waals surface area contributed by atoms with Crippen LogP contribution in [0.25, 0.3) is 0 Å². The number of aromatic nitrogens is 2. The van der Waals surface area contributed by atoms with Gasteiger partial charge in [-0.1, -0.05) is 6.07 Å². The number of amides is 2. The van der Waals surface area contributed by atoms with Gasteiger partial charge in [0, 0.05) is 29.7 Å². The largest absolute Gasteiger partial charge is 0.487 e. The van der Waals surface area contributed by atoms with Gasteiger partial charge in [0.2, 0.25) is 5.91 Å². The standard InChI is InChI=1S/C23H22N4O3/c1-14-2-6-19(27-23(29)16-5-7-21(26-11-16)15-3-4-15)8-18(14)13-30-20-9-17(22(24)28)10-25-12-20/h2,5-12,15H,3-4,13H2,1H3,(H2,24,28)(H,27,29). The molecule has 2 aromatic heterocycles. The number of nitrogens with two attached hydrogens (primary N) is 1. The van der Waals surface area contributed by atoms with Crippen LogP contribution in [0.2, 0.25) is 0 Å². The second kappa shape index (κ2) is 8.32. The summed E-state index contributed by atoms with van der Waals surface area (Å²) in [5.74, 6) is 0.232. The Morgan fingerprint density at radius 3 is 2.63 bits per heavy atom. The maximum absolute atomic E-state index is 12.6. The van der Waals surface area contributed by atoms with Gasteiger partial charge in [-0.2, -0.15) is 0 Å². The summed E-state index contributed by atoms with van der Waals surface area (Å²) >= 11 is 0. The third-order valence-electron chi connectivity index (χ3n) is 5.04. The third-order valence-corrected chi connectivity index (χ3v) is 5.04. The molecule has 0 spiro atoms. The summed E-state index contributed by atoms with van der Waals surface area (Å²) in [5.41, 5.74) is 9.72. The molecule has 0 unspecified atom stereocenters. The number of hydrogen-bond acceptors (Lipinski definition) is 5. The minimum atomic E-state index is -0.562. The number of primary amides is 1. The van der Waals surface area contributed by atoms with Crippen LogP contribution in [0.15, 0.2) is 55.0 Å². The molecule has 1 saturated carbocycles. The molecule has 1 aromatic carbocycles. The van der Waals surface area contributed by atoms with Crippen molar-refractivity contribution in [2.45, 2.75) is 32.3 Å². The molecule has 3 N–H and O–H groups in total. The van der Waals surface area contributed by atoms with E-state index < -0.39 is 5.91 Å². The number of carbonyl (C=O) groups is 2. The first-order valence-corrected chi connectivity index (χ1v) is 9.74. The molecule has 30 heavy (non-hydrogen) atoms. The Kier molecular flexibility index (Phi) is 5.43. The molecule has 2 amide bonds. The summed E-state index contributed by atoms with van der Waals surface area (Å²) in [6, 6.07) is 10.9. The van der Waals surface area contributed by atoms with Crippen LogP contribution in [0.3, 0.4) is 0 Å². The number of anilines is 1. The van der Waals surface area contributed by atoms with Gasteiger partial charge in [-0.3, -0.25) is 19.6 Å². The van der Waals surface area contributed by atoms with E-state index in [9.17, 15) is 9.59 Å². The van der Waals surface area contributed by atoms with Gasteiger partial charge in [0.25, 0.3) is 5.91 Å². The van der Waals surface area contributed by atoms with E-state index in [1.807, 2.05) is 37.3 Å². The second-order valence-electron chi connectivity index (χ2n) is 7.40. The molecule has 2 heterocycles. The number of benzene rings is 1. The van der Waals surface area contributed by atoms with Crippen molar-refractivity contribution in [3.63, 3.8) is 0 Å². The lowest BCUT2D eigenvalue weighted by atomic mass is 10.1. The molecule has 0 radical (unpaired) electrons. The summed E-state index contributed by atoms with van der Waals surface area (Å²) < 4.78 is 5.76. The van der Waals surface area contributed by atoms with Crippen LogP contribution in [0.5, 0.6) is 5.75 Å². The van der Waals surface area contributed by atoms with Gasteiger partial charge in [0.15, 0.2) is 0 Å². The summed E-state index contributed by atoms with van der Waals surface area (Å²) in [6.45, 7) is 2.22. The Morgan fingerprint density at radius 1 is 1.10 bits per heavy atom. The van der Waals surface area contributed by atoms with E-state index in [1.54, 1.807) is 12.3 Å². The topological polar surface area (TPSA) is 107 Å². The molecule has 3 aromatic rings. The number of hydrogen-bond donors (Lipinski definition) is 2. The molecule has 7 heteroatoms. The summed E-state index contributed by atoms with van der Waals surface area (Å²) in [5, 5.41) is 2.90. The number of carbonyl (C=O) groups excluding carboxylic acids is 2. The van der Waals surface area contributed by atoms with Gasteiger partial charge >= 0.3 is 0 Å². The fourth-order valence-electron chi connectivity index (χ4n) is 3.06. The van der Waals surface area contributed by atoms with E-state index in [4.69, 9.17) is 10.5 Å². The van der Waals surface area contributed by atoms with Crippen LogP contribution in [0.1, 0.15) is 56.3 Å². The molecule has 4 rings (SSSR count). The van der Waals surface area contributed by atoms with Crippen molar-refractivity contribution >= 4 is 17.5 Å². The molecular formula is C23H22N4O3. The summed E-state index contributed by atoms with van der Waals surface area (Å²) in [4.78, 5) is 32.2. The van der Waals surface area contributed by atoms with E-state index in [0.29, 0.717) is 22.9 Å². The van der Waals surface area contributed by atoms with E-state index in [2.05, 4.69) is 15.3 Å². The lowest BCUT2D eigenvalue weighted by Crippen LogP contribution is -2.13. The quantitative estimate of drug-likeness (QED) is 0.628. The number of ether oxygens (including phenoxy) is 1. The monoisotopic (exact) mass is 402 g/mol. The molecule has 1 fully saturated rings. The fourth-order valence-corrected chi connectivity index (χ4v) is 3.06. The number of nitrogens with one attached hydrogen (secondary N) is 1. The summed E-state index contributed by atoms with van der Waals surface area (Å²) in [6.07, 6.45) is 6.89. The van der Waals surface area contributed by atoms with Crippen LogP contribution in [0.4, 0.5) is 5.69 Å². The first kappa shape index (κ1) is 19.6. The Hall–Kier alpha value is -3.74. The molecule has 0 saturated heterocycles. The first-order valence-electron chi connectivity index (χ1n) is 9.74. The lowest BCUT2D eigenvalue weighted by molar-refractivity contribution is 0.0996. The Morgan fingerprint density at radius 2 is 1.93 bits per heavy atom. The van der Waals surface area contributed by atoms with E-state index in [1.165, 1.54) is 25.2 Å². The predicted octanol–water partition coefficient (Wildman–Crippen LogP) is 3.59. The highest BCUT2D eigenvalue weighted by Gasteiger charge is 2.24.